The number of fused-ring (bicyclic) bond motifs is 2. The number of carbonyl (C=O) groups is 3. The van der Waals surface area contributed by atoms with E-state index in [-0.39, 0.29) is 30.6 Å². The molecule has 24 N–H and O–H groups in total. The normalized spacial score (nSPS) is 17.7. The lowest BCUT2D eigenvalue weighted by molar-refractivity contribution is -0.138. The lowest BCUT2D eigenvalue weighted by Crippen LogP contribution is -2.37. The molecule has 0 radical (unpaired) electrons. The predicted octanol–water partition coefficient (Wildman–Crippen LogP) is 9.72. The molecule has 0 saturated heterocycles. The highest BCUT2D eigenvalue weighted by Crippen LogP contribution is 2.27. The molecule has 0 saturated carbocycles. The van der Waals surface area contributed by atoms with Gasteiger partial charge in [0.1, 0.15) is 66.2 Å². The number of H-pyrrole nitrogens is 2. The van der Waals surface area contributed by atoms with Crippen LogP contribution in [0.1, 0.15) is 123 Å². The number of aliphatic hydroxyl groups excluding tert-OH is 17. The molecule has 0 aliphatic rings. The average molecular weight is 1720 g/mol. The number of aromatic hydroxyl groups is 1. The van der Waals surface area contributed by atoms with Gasteiger partial charge in [-0.2, -0.15) is 0 Å². The van der Waals surface area contributed by atoms with Gasteiger partial charge in [-0.25, -0.2) is 64.9 Å². The molecule has 123 heavy (non-hydrogen) atoms. The van der Waals surface area contributed by atoms with E-state index >= 15 is 0 Å². The monoisotopic (exact) mass is 1710 g/mol. The molecule has 0 amide bonds. The van der Waals surface area contributed by atoms with Gasteiger partial charge in [-0.1, -0.05) is 120 Å². The van der Waals surface area contributed by atoms with E-state index in [9.17, 15) is 122 Å². The summed E-state index contributed by atoms with van der Waals surface area (Å²) in [6.07, 6.45) is -5.71. The molecule has 15 atom stereocenters. The highest BCUT2D eigenvalue weighted by Gasteiger charge is 2.35. The first kappa shape index (κ1) is 98.5. The van der Waals surface area contributed by atoms with E-state index in [2.05, 4.69) is 74.9 Å². The molecule has 6 aromatic rings. The molecular weight excluding hydrogens is 1610 g/mol. The maximum atomic E-state index is 12.5. The maximum absolute atomic E-state index is 12.5. The van der Waals surface area contributed by atoms with Crippen molar-refractivity contribution in [3.8, 4) is 5.75 Å². The van der Waals surface area contributed by atoms with Crippen LogP contribution in [0.15, 0.2) is 180 Å². The molecule has 0 aliphatic carbocycles. The Morgan fingerprint density at radius 1 is 0.358 bits per heavy atom. The zero-order chi connectivity index (χ0) is 91.2. The van der Waals surface area contributed by atoms with Crippen molar-refractivity contribution in [3.63, 3.8) is 0 Å². The van der Waals surface area contributed by atoms with Gasteiger partial charge < -0.3 is 117 Å². The molecule has 40 nitrogen and oxygen atoms in total. The zero-order valence-corrected chi connectivity index (χ0v) is 69.1. The number of hydrogen-bond acceptors (Lipinski definition) is 21. The van der Waals surface area contributed by atoms with Crippen LogP contribution in [0.25, 0.3) is 21.8 Å². The Balaban J connectivity index is 1.46. The molecule has 0 fully saturated rings. The molecule has 666 valence electrons. The third-order valence-electron chi connectivity index (χ3n) is 19.0. The van der Waals surface area contributed by atoms with Crippen LogP contribution >= 0.6 is 0 Å². The number of carboxylic acid groups (broad SMARTS) is 3. The average Bonchev–Trinajstić information content (AvgIpc) is 1.65. The molecule has 40 heteroatoms. The highest BCUT2D eigenvalue weighted by atomic mass is 16.4. The number of aliphatic imine (C=N–C) groups is 13. The Morgan fingerprint density at radius 2 is 0.691 bits per heavy atom. The summed E-state index contributed by atoms with van der Waals surface area (Å²) in [5.74, 6) is -19.9. The van der Waals surface area contributed by atoms with Crippen molar-refractivity contribution >= 4 is 122 Å². The second kappa shape index (κ2) is 47.0. The Kier molecular flexibility index (Phi) is 37.6. The Hall–Kier alpha value is -13.4. The standard InChI is InChI=1S/C83H110N16O24/c1-40(2)31-57(74(114)94-62(36-66(109)110)77(117)92-61(79(119)97-67(41(3)4)71(84)111)35-49-38-86-54-22-16-14-20-52(49)54)90-75(115)58(33-47-23-25-50(104)26-24-47)91-73(113)56(28-30-65(107)108)88-72(112)55(27-29-64(105)106)89-76(116)60(34-48-37-85-53-21-15-13-19-51(48)53)93-80(120)63(39-100)96-82(122)70(44(8)102)99-78(118)59(32-46-17-11-10-12-18-46)95-81(121)68(42(5)6)98-83(123)69(43(7)101)87-45(9)103/h10-26,37-38,40-44,55-63,67-70,85-86,100-102,104H,27-36,39H2,1-9H3,(H2,84,111)(H,87,103)(H,88,112)(H,89,116)(H,90,115)(H,91,113)(H,92,117)(H,93,120)(H,94,114)(H,95,121)(H,96,122)(H,97,119)(H,98,123)(H,99,118)(H,105,106)(H,107,108)(H,109,110)/t43-,44-,55+,56+,57+,58+,59+,60+,61+,62+,63+,67+,68+,69+,70+/m1/s1. The highest BCUT2D eigenvalue weighted by molar-refractivity contribution is 5.97. The summed E-state index contributed by atoms with van der Waals surface area (Å²) in [4.78, 5) is 97.5. The molecule has 0 aliphatic heterocycles. The zero-order valence-electron chi connectivity index (χ0n) is 69.1. The predicted molar refractivity (Wildman–Crippen MR) is 468 cm³/mol. The minimum Gasteiger partial charge on any atom is -0.508 e. The van der Waals surface area contributed by atoms with E-state index in [4.69, 9.17) is 5.41 Å². The number of rotatable bonds is 49. The van der Waals surface area contributed by atoms with E-state index in [1.807, 2.05) is 0 Å². The smallest absolute Gasteiger partial charge is 0.306 e. The van der Waals surface area contributed by atoms with Crippen LogP contribution in [-0.4, -0.2) is 315 Å². The van der Waals surface area contributed by atoms with Gasteiger partial charge in [0.2, 0.25) is 76.7 Å². The van der Waals surface area contributed by atoms with E-state index < -0.39 is 261 Å². The number of nitrogens with one attached hydrogen (secondary N) is 3. The number of aliphatic hydroxyl groups is 17. The third kappa shape index (κ3) is 30.7. The summed E-state index contributed by atoms with van der Waals surface area (Å²) in [5.41, 5.74) is 2.93. The Morgan fingerprint density at radius 3 is 1.11 bits per heavy atom. The molecule has 0 unspecified atom stereocenters. The van der Waals surface area contributed by atoms with Crippen LogP contribution in [-0.2, 0) is 40.1 Å². The van der Waals surface area contributed by atoms with E-state index in [0.717, 1.165) is 6.92 Å². The Bertz CT molecular complexity index is 4960. The van der Waals surface area contributed by atoms with Crippen LogP contribution in [0, 0.1) is 23.2 Å². The van der Waals surface area contributed by atoms with Crippen LogP contribution in [0.4, 0.5) is 0 Å². The topological polar surface area (TPSA) is 692 Å². The van der Waals surface area contributed by atoms with Gasteiger partial charge in [0.25, 0.3) is 0 Å². The van der Waals surface area contributed by atoms with Crippen molar-refractivity contribution in [1.82, 2.24) is 9.97 Å². The number of aliphatic carboxylic acids is 3. The van der Waals surface area contributed by atoms with Crippen LogP contribution in [0.3, 0.4) is 0 Å². The molecule has 2 heterocycles. The van der Waals surface area contributed by atoms with Gasteiger partial charge in [-0.05, 0) is 97.4 Å². The van der Waals surface area contributed by atoms with Crippen molar-refractivity contribution in [1.29, 1.82) is 5.41 Å². The first-order valence-corrected chi connectivity index (χ1v) is 39.3. The summed E-state index contributed by atoms with van der Waals surface area (Å²) < 4.78 is 0. The number of phenolic OH excluding ortho intramolecular Hbond substituents is 1. The van der Waals surface area contributed by atoms with Crippen LogP contribution in [0.2, 0.25) is 0 Å². The fourth-order valence-electron chi connectivity index (χ4n) is 12.6. The number of nitrogens with zero attached hydrogens (tertiary/aromatic N) is 13. The second-order valence-electron chi connectivity index (χ2n) is 30.3. The lowest BCUT2D eigenvalue weighted by Gasteiger charge is -2.21. The summed E-state index contributed by atoms with van der Waals surface area (Å²) >= 11 is 0. The molecule has 0 spiro atoms. The van der Waals surface area contributed by atoms with Crippen molar-refractivity contribution < 1.29 is 122 Å². The first-order chi connectivity index (χ1) is 58.0. The summed E-state index contributed by atoms with van der Waals surface area (Å²) in [7, 11) is 0. The number of benzene rings is 4. The first-order valence-electron chi connectivity index (χ1n) is 39.3. The third-order valence-corrected chi connectivity index (χ3v) is 19.0. The fourth-order valence-corrected chi connectivity index (χ4v) is 12.6. The molecule has 6 rings (SSSR count). The number of hydrogen-bond donors (Lipinski definition) is 24. The molecule has 2 aromatic heterocycles. The quantitative estimate of drug-likeness (QED) is 0.0125. The van der Waals surface area contributed by atoms with Gasteiger partial charge in [0, 0.05) is 79.6 Å². The van der Waals surface area contributed by atoms with E-state index in [1.165, 1.54) is 44.3 Å². The van der Waals surface area contributed by atoms with Crippen molar-refractivity contribution in [3.05, 3.63) is 138 Å². The number of aromatic amines is 2. The number of aromatic nitrogens is 2. The van der Waals surface area contributed by atoms with Gasteiger partial charge >= 0.3 is 17.9 Å². The minimum absolute atomic E-state index is 0.197. The van der Waals surface area contributed by atoms with E-state index in [1.54, 1.807) is 127 Å². The van der Waals surface area contributed by atoms with Gasteiger partial charge in [-0.3, -0.25) is 19.8 Å². The van der Waals surface area contributed by atoms with Crippen LogP contribution in [0.5, 0.6) is 5.75 Å². The van der Waals surface area contributed by atoms with Gasteiger partial charge in [0.15, 0.2) is 24.0 Å². The van der Waals surface area contributed by atoms with Crippen LogP contribution < -0.4 is 0 Å². The molecular formula is C83H110N16O24. The van der Waals surface area contributed by atoms with Gasteiger partial charge in [0.05, 0.1) is 25.2 Å². The van der Waals surface area contributed by atoms with Crippen molar-refractivity contribution in [2.45, 2.75) is 217 Å². The fraction of sp³-hybridized carbons (Fsp3) is 0.458. The van der Waals surface area contributed by atoms with Gasteiger partial charge in [-0.15, -0.1) is 0 Å². The lowest BCUT2D eigenvalue weighted by atomic mass is 10.0. The summed E-state index contributed by atoms with van der Waals surface area (Å²) in [6, 6.07) is 5.01. The SMILES string of the molecule is CC(O)=N[C@H](C(O)=N[C@H](C(O)=N[C@@H](Cc1ccccc1)C(O)=N[C@H](C(O)=N[C@@H](CO)C(O)=N[C@@H](Cc1c[nH]c2ccccc12)C(O)=N[C@@H](CCC(=O)O)C(O)=N[C@@H](CCC(=O)O)C(O)=N[C@@H](Cc1ccc(O)cc1)C(O)=N[C@@H](CC(C)C)C(O)=N[C@@H](CC(=O)O)C(O)=N[C@@H](Cc1c[nH]c2ccccc12)C(O)=N[C@H](C(=N)O)C(C)C)[C@@H](C)O)C(C)C)[C@@H](C)O. The number of phenols is 1. The molecule has 4 aromatic carbocycles. The van der Waals surface area contributed by atoms with Crippen molar-refractivity contribution in [2.24, 2.45) is 82.7 Å². The minimum atomic E-state index is -2.01. The summed E-state index contributed by atoms with van der Waals surface area (Å²) in [5, 5.41) is 244. The second-order valence-corrected chi connectivity index (χ2v) is 30.3. The number of para-hydroxylation sites is 2. The summed E-state index contributed by atoms with van der Waals surface area (Å²) in [6.45, 7) is 12.1. The molecule has 0 bridgehead atoms. The maximum Gasteiger partial charge on any atom is 0.306 e. The number of carboxylic acids is 3. The largest absolute Gasteiger partial charge is 0.508 e. The van der Waals surface area contributed by atoms with Crippen molar-refractivity contribution in [2.75, 3.05) is 6.61 Å². The Labute approximate surface area is 706 Å². The van der Waals surface area contributed by atoms with E-state index in [0.29, 0.717) is 38.5 Å².